The minimum Gasteiger partial charge on any atom is -0.399 e. The molecule has 7 heteroatoms. The van der Waals surface area contributed by atoms with E-state index in [1.54, 1.807) is 17.0 Å². The fourth-order valence-electron chi connectivity index (χ4n) is 3.28. The molecule has 136 valence electrons. The van der Waals surface area contributed by atoms with E-state index < -0.39 is 18.3 Å². The summed E-state index contributed by atoms with van der Waals surface area (Å²) in [7, 11) is -0.541. The molecule has 2 aliphatic rings. The lowest BCUT2D eigenvalue weighted by Crippen LogP contribution is -2.41. The summed E-state index contributed by atoms with van der Waals surface area (Å²) >= 11 is 6.29. The molecular formula is C18H25BClNO4. The smallest absolute Gasteiger partial charge is 0.399 e. The molecule has 0 aliphatic carbocycles. The van der Waals surface area contributed by atoms with Crippen molar-refractivity contribution in [2.24, 2.45) is 0 Å². The molecule has 2 heterocycles. The monoisotopic (exact) mass is 365 g/mol. The standard InChI is InChI=1S/C18H25BClNO4/c1-17(2)18(3,4)25-19(24-17)12-7-8-15(20)14(10-12)16(23)21-9-5-6-13(21)11-22/h7-8,10,13,22H,5-6,9,11H2,1-4H3/t13-/m1/s1. The maximum Gasteiger partial charge on any atom is 0.494 e. The molecule has 2 aliphatic heterocycles. The van der Waals surface area contributed by atoms with Gasteiger partial charge in [0.15, 0.2) is 0 Å². The normalized spacial score (nSPS) is 24.8. The van der Waals surface area contributed by atoms with Gasteiger partial charge in [-0.05, 0) is 58.1 Å². The third kappa shape index (κ3) is 3.33. The van der Waals surface area contributed by atoms with Crippen LogP contribution in [0.25, 0.3) is 0 Å². The van der Waals surface area contributed by atoms with Crippen molar-refractivity contribution in [2.75, 3.05) is 13.2 Å². The van der Waals surface area contributed by atoms with Crippen LogP contribution in [-0.4, -0.2) is 53.4 Å². The first kappa shape index (κ1) is 18.7. The Morgan fingerprint density at radius 3 is 2.56 bits per heavy atom. The van der Waals surface area contributed by atoms with E-state index in [2.05, 4.69) is 0 Å². The van der Waals surface area contributed by atoms with Crippen molar-refractivity contribution in [1.82, 2.24) is 4.90 Å². The van der Waals surface area contributed by atoms with Gasteiger partial charge < -0.3 is 19.3 Å². The number of carbonyl (C=O) groups excluding carboxylic acids is 1. The molecule has 0 aromatic heterocycles. The number of benzene rings is 1. The SMILES string of the molecule is CC1(C)OB(c2ccc(Cl)c(C(=O)N3CCC[C@@H]3CO)c2)OC1(C)C. The zero-order valence-corrected chi connectivity index (χ0v) is 16.0. The van der Waals surface area contributed by atoms with Gasteiger partial charge in [0.05, 0.1) is 34.4 Å². The zero-order valence-electron chi connectivity index (χ0n) is 15.2. The van der Waals surface area contributed by atoms with Gasteiger partial charge in [0, 0.05) is 6.54 Å². The topological polar surface area (TPSA) is 59.0 Å². The second kappa shape index (κ2) is 6.58. The van der Waals surface area contributed by atoms with E-state index in [-0.39, 0.29) is 18.6 Å². The van der Waals surface area contributed by atoms with Crippen molar-refractivity contribution in [3.05, 3.63) is 28.8 Å². The fourth-order valence-corrected chi connectivity index (χ4v) is 3.48. The van der Waals surface area contributed by atoms with E-state index in [9.17, 15) is 9.90 Å². The Labute approximate surface area is 154 Å². The first-order chi connectivity index (χ1) is 11.7. The van der Waals surface area contributed by atoms with Gasteiger partial charge in [-0.1, -0.05) is 17.7 Å². The number of hydrogen-bond acceptors (Lipinski definition) is 4. The molecule has 2 fully saturated rings. The van der Waals surface area contributed by atoms with E-state index in [0.29, 0.717) is 17.1 Å². The number of aliphatic hydroxyl groups excluding tert-OH is 1. The Balaban J connectivity index is 1.88. The van der Waals surface area contributed by atoms with Gasteiger partial charge in [0.2, 0.25) is 0 Å². The number of likely N-dealkylation sites (tertiary alicyclic amines) is 1. The third-order valence-electron chi connectivity index (χ3n) is 5.59. The molecule has 1 aromatic rings. The van der Waals surface area contributed by atoms with Gasteiger partial charge in [-0.2, -0.15) is 0 Å². The maximum atomic E-state index is 12.9. The highest BCUT2D eigenvalue weighted by Gasteiger charge is 2.51. The highest BCUT2D eigenvalue weighted by Crippen LogP contribution is 2.36. The zero-order chi connectivity index (χ0) is 18.4. The molecule has 1 N–H and O–H groups in total. The molecule has 1 amide bonds. The second-order valence-electron chi connectivity index (χ2n) is 7.80. The molecule has 0 bridgehead atoms. The average molecular weight is 366 g/mol. The summed E-state index contributed by atoms with van der Waals surface area (Å²) in [5.74, 6) is -0.153. The lowest BCUT2D eigenvalue weighted by molar-refractivity contribution is 0.00578. The number of rotatable bonds is 3. The Kier molecular flexibility index (Phi) is 4.92. The number of aliphatic hydroxyl groups is 1. The maximum absolute atomic E-state index is 12.9. The predicted molar refractivity (Wildman–Crippen MR) is 98.3 cm³/mol. The summed E-state index contributed by atoms with van der Waals surface area (Å²) in [6, 6.07) is 5.15. The predicted octanol–water partition coefficient (Wildman–Crippen LogP) is 2.24. The first-order valence-electron chi connectivity index (χ1n) is 8.73. The van der Waals surface area contributed by atoms with E-state index in [1.165, 1.54) is 0 Å². The van der Waals surface area contributed by atoms with Crippen LogP contribution < -0.4 is 5.46 Å². The minimum absolute atomic E-state index is 0.0275. The lowest BCUT2D eigenvalue weighted by atomic mass is 9.78. The van der Waals surface area contributed by atoms with Crippen molar-refractivity contribution < 1.29 is 19.2 Å². The van der Waals surface area contributed by atoms with E-state index in [4.69, 9.17) is 20.9 Å². The molecule has 3 rings (SSSR count). The van der Waals surface area contributed by atoms with Crippen LogP contribution in [0.15, 0.2) is 18.2 Å². The van der Waals surface area contributed by atoms with E-state index in [0.717, 1.165) is 18.3 Å². The fraction of sp³-hybridized carbons (Fsp3) is 0.611. The summed E-state index contributed by atoms with van der Waals surface area (Å²) in [5.41, 5.74) is 0.303. The van der Waals surface area contributed by atoms with Gasteiger partial charge >= 0.3 is 7.12 Å². The number of halogens is 1. The van der Waals surface area contributed by atoms with Crippen LogP contribution in [0, 0.1) is 0 Å². The molecule has 25 heavy (non-hydrogen) atoms. The molecule has 0 radical (unpaired) electrons. The molecule has 1 atom stereocenters. The van der Waals surface area contributed by atoms with Crippen LogP contribution in [0.3, 0.4) is 0 Å². The summed E-state index contributed by atoms with van der Waals surface area (Å²) in [4.78, 5) is 14.6. The number of amides is 1. The van der Waals surface area contributed by atoms with Gasteiger partial charge in [-0.3, -0.25) is 4.79 Å². The molecule has 1 aromatic carbocycles. The first-order valence-corrected chi connectivity index (χ1v) is 9.11. The van der Waals surface area contributed by atoms with Gasteiger partial charge in [-0.15, -0.1) is 0 Å². The van der Waals surface area contributed by atoms with E-state index >= 15 is 0 Å². The number of carbonyl (C=O) groups is 1. The van der Waals surface area contributed by atoms with Crippen LogP contribution in [0.2, 0.25) is 5.02 Å². The number of nitrogens with zero attached hydrogens (tertiary/aromatic N) is 1. The average Bonchev–Trinajstić information content (AvgIpc) is 3.09. The molecular weight excluding hydrogens is 340 g/mol. The lowest BCUT2D eigenvalue weighted by Gasteiger charge is -2.32. The van der Waals surface area contributed by atoms with Crippen LogP contribution in [0.1, 0.15) is 50.9 Å². The Bertz CT molecular complexity index is 663. The second-order valence-corrected chi connectivity index (χ2v) is 8.21. The highest BCUT2D eigenvalue weighted by molar-refractivity contribution is 6.62. The Morgan fingerprint density at radius 1 is 1.32 bits per heavy atom. The van der Waals surface area contributed by atoms with Crippen LogP contribution in [0.5, 0.6) is 0 Å². The summed E-state index contributed by atoms with van der Waals surface area (Å²) in [5, 5.41) is 9.87. The molecule has 0 unspecified atom stereocenters. The largest absolute Gasteiger partial charge is 0.494 e. The van der Waals surface area contributed by atoms with Crippen molar-refractivity contribution >= 4 is 30.1 Å². The third-order valence-corrected chi connectivity index (χ3v) is 5.92. The van der Waals surface area contributed by atoms with Crippen molar-refractivity contribution in [3.8, 4) is 0 Å². The number of hydrogen-bond donors (Lipinski definition) is 1. The van der Waals surface area contributed by atoms with Gasteiger partial charge in [-0.25, -0.2) is 0 Å². The van der Waals surface area contributed by atoms with Gasteiger partial charge in [0.1, 0.15) is 0 Å². The van der Waals surface area contributed by atoms with E-state index in [1.807, 2.05) is 33.8 Å². The summed E-state index contributed by atoms with van der Waals surface area (Å²) in [6.45, 7) is 8.58. The van der Waals surface area contributed by atoms with Crippen LogP contribution in [-0.2, 0) is 9.31 Å². The van der Waals surface area contributed by atoms with Gasteiger partial charge in [0.25, 0.3) is 5.91 Å². The molecule has 0 spiro atoms. The summed E-state index contributed by atoms with van der Waals surface area (Å²) in [6.07, 6.45) is 1.71. The summed E-state index contributed by atoms with van der Waals surface area (Å²) < 4.78 is 12.1. The highest BCUT2D eigenvalue weighted by atomic mass is 35.5. The van der Waals surface area contributed by atoms with Crippen molar-refractivity contribution in [2.45, 2.75) is 57.8 Å². The van der Waals surface area contributed by atoms with Crippen molar-refractivity contribution in [3.63, 3.8) is 0 Å². The minimum atomic E-state index is -0.541. The molecule has 0 saturated carbocycles. The Hall–Kier alpha value is -1.08. The van der Waals surface area contributed by atoms with Crippen LogP contribution >= 0.6 is 11.6 Å². The quantitative estimate of drug-likeness (QED) is 0.835. The Morgan fingerprint density at radius 2 is 1.96 bits per heavy atom. The van der Waals surface area contributed by atoms with Crippen molar-refractivity contribution in [1.29, 1.82) is 0 Å². The molecule has 5 nitrogen and oxygen atoms in total. The molecule has 2 saturated heterocycles. The van der Waals surface area contributed by atoms with Crippen LogP contribution in [0.4, 0.5) is 0 Å².